The molecule has 0 amide bonds. The Bertz CT molecular complexity index is 235. The Morgan fingerprint density at radius 2 is 1.69 bits per heavy atom. The lowest BCUT2D eigenvalue weighted by Gasteiger charge is -2.52. The van der Waals surface area contributed by atoms with Crippen molar-refractivity contribution in [3.8, 4) is 0 Å². The van der Waals surface area contributed by atoms with Crippen LogP contribution in [0.3, 0.4) is 0 Å². The van der Waals surface area contributed by atoms with Gasteiger partial charge in [-0.15, -0.1) is 0 Å². The minimum absolute atomic E-state index is 0.187. The summed E-state index contributed by atoms with van der Waals surface area (Å²) in [7, 11) is 4.28. The zero-order valence-electron chi connectivity index (χ0n) is 12.1. The molecule has 0 spiro atoms. The third-order valence-electron chi connectivity index (χ3n) is 4.06. The van der Waals surface area contributed by atoms with E-state index in [0.717, 1.165) is 0 Å². The number of nitrogens with zero attached hydrogens (tertiary/aromatic N) is 2. The number of hydrogen-bond donors (Lipinski definition) is 1. The molecule has 0 radical (unpaired) electrons. The summed E-state index contributed by atoms with van der Waals surface area (Å²) in [6.45, 7) is 12.8. The summed E-state index contributed by atoms with van der Waals surface area (Å²) in [4.78, 5) is 2.48. The Labute approximate surface area is 101 Å². The Kier molecular flexibility index (Phi) is 4.04. The molecule has 3 heteroatoms. The van der Waals surface area contributed by atoms with E-state index in [1.165, 1.54) is 19.4 Å². The Morgan fingerprint density at radius 3 is 2.19 bits per heavy atom. The molecule has 0 aromatic carbocycles. The molecule has 16 heavy (non-hydrogen) atoms. The molecule has 96 valence electrons. The van der Waals surface area contributed by atoms with Gasteiger partial charge in [-0.2, -0.15) is 0 Å². The quantitative estimate of drug-likeness (QED) is 0.740. The zero-order chi connectivity index (χ0) is 12.6. The minimum atomic E-state index is 0.187. The van der Waals surface area contributed by atoms with Gasteiger partial charge in [-0.1, -0.05) is 0 Å². The van der Waals surface area contributed by atoms with Crippen molar-refractivity contribution in [2.24, 2.45) is 0 Å². The predicted molar refractivity (Wildman–Crippen MR) is 70.4 cm³/mol. The van der Waals surface area contributed by atoms with Crippen molar-refractivity contribution in [3.63, 3.8) is 0 Å². The number of hydrazine groups is 1. The Balaban J connectivity index is 2.96. The first kappa shape index (κ1) is 13.9. The fourth-order valence-electron chi connectivity index (χ4n) is 3.18. The van der Waals surface area contributed by atoms with E-state index in [0.29, 0.717) is 6.04 Å². The predicted octanol–water partition coefficient (Wildman–Crippen LogP) is 2.09. The molecule has 1 N–H and O–H groups in total. The van der Waals surface area contributed by atoms with Crippen molar-refractivity contribution in [1.29, 1.82) is 0 Å². The summed E-state index contributed by atoms with van der Waals surface area (Å²) in [6.07, 6.45) is 2.38. The number of nitrogens with one attached hydrogen (secondary N) is 1. The molecule has 3 nitrogen and oxygen atoms in total. The van der Waals surface area contributed by atoms with Crippen LogP contribution in [-0.2, 0) is 0 Å². The van der Waals surface area contributed by atoms with Crippen molar-refractivity contribution < 1.29 is 0 Å². The smallest absolute Gasteiger partial charge is 0.0318 e. The third kappa shape index (κ3) is 2.76. The van der Waals surface area contributed by atoms with E-state index in [1.54, 1.807) is 0 Å². The fraction of sp³-hybridized carbons (Fsp3) is 1.00. The van der Waals surface area contributed by atoms with Gasteiger partial charge >= 0.3 is 0 Å². The van der Waals surface area contributed by atoms with Crippen LogP contribution in [0, 0.1) is 0 Å². The molecule has 0 aromatic rings. The van der Waals surface area contributed by atoms with Gasteiger partial charge in [-0.05, 0) is 68.1 Å². The van der Waals surface area contributed by atoms with Crippen molar-refractivity contribution in [2.75, 3.05) is 20.6 Å². The molecule has 0 bridgehead atoms. The first-order valence-corrected chi connectivity index (χ1v) is 6.39. The van der Waals surface area contributed by atoms with Crippen LogP contribution in [0.5, 0.6) is 0 Å². The Morgan fingerprint density at radius 1 is 1.12 bits per heavy atom. The summed E-state index contributed by atoms with van der Waals surface area (Å²) < 4.78 is 0. The molecule has 1 fully saturated rings. The van der Waals surface area contributed by atoms with Crippen LogP contribution >= 0.6 is 0 Å². The zero-order valence-corrected chi connectivity index (χ0v) is 12.1. The molecule has 0 saturated carbocycles. The second-order valence-electron chi connectivity index (χ2n) is 6.47. The van der Waals surface area contributed by atoms with E-state index in [1.807, 2.05) is 7.05 Å². The lowest BCUT2D eigenvalue weighted by Crippen LogP contribution is -2.64. The molecule has 1 rings (SSSR count). The van der Waals surface area contributed by atoms with E-state index < -0.39 is 0 Å². The van der Waals surface area contributed by atoms with E-state index in [-0.39, 0.29) is 11.1 Å². The van der Waals surface area contributed by atoms with Crippen LogP contribution in [0.4, 0.5) is 0 Å². The maximum absolute atomic E-state index is 3.40. The van der Waals surface area contributed by atoms with Gasteiger partial charge in [-0.3, -0.25) is 5.43 Å². The maximum Gasteiger partial charge on any atom is 0.0318 e. The van der Waals surface area contributed by atoms with Gasteiger partial charge in [0.1, 0.15) is 0 Å². The van der Waals surface area contributed by atoms with Gasteiger partial charge in [0.25, 0.3) is 0 Å². The molecule has 0 aromatic heterocycles. The number of hydrogen-bond acceptors (Lipinski definition) is 3. The van der Waals surface area contributed by atoms with Gasteiger partial charge in [0, 0.05) is 17.1 Å². The highest BCUT2D eigenvalue weighted by molar-refractivity contribution is 4.94. The highest BCUT2D eigenvalue weighted by atomic mass is 15.6. The van der Waals surface area contributed by atoms with Crippen LogP contribution in [0.15, 0.2) is 0 Å². The van der Waals surface area contributed by atoms with Crippen LogP contribution in [0.2, 0.25) is 0 Å². The van der Waals surface area contributed by atoms with Crippen molar-refractivity contribution >= 4 is 0 Å². The molecule has 1 saturated heterocycles. The molecule has 0 aliphatic carbocycles. The van der Waals surface area contributed by atoms with Crippen molar-refractivity contribution in [2.45, 2.75) is 64.6 Å². The van der Waals surface area contributed by atoms with Gasteiger partial charge in [0.05, 0.1) is 0 Å². The second-order valence-corrected chi connectivity index (χ2v) is 6.47. The van der Waals surface area contributed by atoms with E-state index in [4.69, 9.17) is 0 Å². The lowest BCUT2D eigenvalue weighted by molar-refractivity contribution is -0.0619. The average Bonchev–Trinajstić information content (AvgIpc) is 2.12. The van der Waals surface area contributed by atoms with Crippen LogP contribution in [0.1, 0.15) is 47.5 Å². The fourth-order valence-corrected chi connectivity index (χ4v) is 3.18. The molecule has 1 atom stereocenters. The number of rotatable bonds is 1. The standard InChI is InChI=1S/C13H29N3/c1-11-10-13(4,5)16(14-6)12(2,3)8-9-15(11)7/h11,14H,8-10H2,1-7H3. The summed E-state index contributed by atoms with van der Waals surface area (Å²) in [5.74, 6) is 0. The second kappa shape index (κ2) is 4.63. The topological polar surface area (TPSA) is 18.5 Å². The van der Waals surface area contributed by atoms with Crippen molar-refractivity contribution in [1.82, 2.24) is 15.3 Å². The molecule has 1 heterocycles. The van der Waals surface area contributed by atoms with E-state index in [2.05, 4.69) is 57.0 Å². The van der Waals surface area contributed by atoms with Gasteiger partial charge in [0.15, 0.2) is 0 Å². The first-order chi connectivity index (χ1) is 7.20. The molecule has 1 aliphatic heterocycles. The lowest BCUT2D eigenvalue weighted by atomic mass is 9.86. The van der Waals surface area contributed by atoms with Gasteiger partial charge in [-0.25, -0.2) is 5.01 Å². The molecular formula is C13H29N3. The first-order valence-electron chi connectivity index (χ1n) is 6.39. The maximum atomic E-state index is 3.40. The molecule has 1 aliphatic rings. The SMILES string of the molecule is CNN1C(C)(C)CCN(C)C(C)CC1(C)C. The third-order valence-corrected chi connectivity index (χ3v) is 4.06. The highest BCUT2D eigenvalue weighted by Crippen LogP contribution is 2.32. The minimum Gasteiger partial charge on any atom is -0.304 e. The summed E-state index contributed by atoms with van der Waals surface area (Å²) >= 11 is 0. The van der Waals surface area contributed by atoms with Crippen molar-refractivity contribution in [3.05, 3.63) is 0 Å². The summed E-state index contributed by atoms with van der Waals surface area (Å²) in [5, 5.41) is 2.43. The van der Waals surface area contributed by atoms with Gasteiger partial charge < -0.3 is 4.90 Å². The normalized spacial score (nSPS) is 32.1. The molecule has 1 unspecified atom stereocenters. The van der Waals surface area contributed by atoms with Crippen LogP contribution < -0.4 is 5.43 Å². The largest absolute Gasteiger partial charge is 0.304 e. The Hall–Kier alpha value is -0.120. The van der Waals surface area contributed by atoms with Crippen LogP contribution in [0.25, 0.3) is 0 Å². The monoisotopic (exact) mass is 227 g/mol. The van der Waals surface area contributed by atoms with Gasteiger partial charge in [0.2, 0.25) is 0 Å². The summed E-state index contributed by atoms with van der Waals surface area (Å²) in [6, 6.07) is 0.641. The highest BCUT2D eigenvalue weighted by Gasteiger charge is 2.40. The average molecular weight is 227 g/mol. The molecular weight excluding hydrogens is 198 g/mol. The van der Waals surface area contributed by atoms with E-state index >= 15 is 0 Å². The van der Waals surface area contributed by atoms with E-state index in [9.17, 15) is 0 Å². The van der Waals surface area contributed by atoms with Crippen LogP contribution in [-0.4, -0.2) is 47.7 Å². The summed E-state index contributed by atoms with van der Waals surface area (Å²) in [5.41, 5.74) is 3.79.